The molecule has 2 aliphatic rings. The molecule has 0 spiro atoms. The molecular weight excluding hydrogens is 338 g/mol. The molecule has 0 saturated carbocycles. The van der Waals surface area contributed by atoms with E-state index in [1.807, 2.05) is 35.5 Å². The predicted molar refractivity (Wildman–Crippen MR) is 105 cm³/mol. The maximum atomic E-state index is 12.1. The van der Waals surface area contributed by atoms with E-state index in [0.29, 0.717) is 19.5 Å². The zero-order valence-corrected chi connectivity index (χ0v) is 15.7. The molecule has 0 radical (unpaired) electrons. The number of nitrogens with zero attached hydrogens (tertiary/aromatic N) is 4. The number of rotatable bonds is 7. The third kappa shape index (κ3) is 4.45. The number of nitrogens with one attached hydrogen (secondary N) is 1. The van der Waals surface area contributed by atoms with Gasteiger partial charge in [-0.3, -0.25) is 4.79 Å². The molecule has 4 rings (SSSR count). The first kappa shape index (κ1) is 17.9. The fourth-order valence-electron chi connectivity index (χ4n) is 3.85. The molecule has 3 heterocycles. The molecule has 2 aliphatic heterocycles. The number of amides is 1. The first-order valence-electron chi connectivity index (χ1n) is 9.91. The number of benzene rings is 1. The number of aromatic nitrogens is 2. The molecule has 27 heavy (non-hydrogen) atoms. The Bertz CT molecular complexity index is 743. The summed E-state index contributed by atoms with van der Waals surface area (Å²) in [4.78, 5) is 25.3. The Morgan fingerprint density at radius 2 is 1.74 bits per heavy atom. The Morgan fingerprint density at radius 1 is 1.00 bits per heavy atom. The molecule has 2 saturated heterocycles. The van der Waals surface area contributed by atoms with Crippen LogP contribution < -0.4 is 10.2 Å². The summed E-state index contributed by atoms with van der Waals surface area (Å²) in [5, 5.41) is 3.60. The largest absolute Gasteiger partial charge is 0.341 e. The summed E-state index contributed by atoms with van der Waals surface area (Å²) < 4.78 is 0. The summed E-state index contributed by atoms with van der Waals surface area (Å²) in [6.45, 7) is 4.35. The van der Waals surface area contributed by atoms with Crippen molar-refractivity contribution in [2.75, 3.05) is 31.1 Å². The van der Waals surface area contributed by atoms with Crippen LogP contribution in [0.1, 0.15) is 42.9 Å². The smallest absolute Gasteiger partial charge is 0.225 e. The van der Waals surface area contributed by atoms with Crippen LogP contribution in [-0.4, -0.2) is 47.0 Å². The summed E-state index contributed by atoms with van der Waals surface area (Å²) in [6, 6.07) is 10.4. The zero-order chi connectivity index (χ0) is 18.5. The average Bonchev–Trinajstić information content (AvgIpc) is 3.38. The molecule has 6 nitrogen and oxygen atoms in total. The highest BCUT2D eigenvalue weighted by atomic mass is 16.2. The van der Waals surface area contributed by atoms with Gasteiger partial charge in [0.15, 0.2) is 0 Å². The molecule has 142 valence electrons. The van der Waals surface area contributed by atoms with E-state index in [4.69, 9.17) is 0 Å². The Morgan fingerprint density at radius 3 is 2.41 bits per heavy atom. The molecule has 0 unspecified atom stereocenters. The van der Waals surface area contributed by atoms with Crippen molar-refractivity contribution in [1.29, 1.82) is 0 Å². The minimum Gasteiger partial charge on any atom is -0.341 e. The van der Waals surface area contributed by atoms with Gasteiger partial charge in [0.2, 0.25) is 11.9 Å². The normalized spacial score (nSPS) is 18.3. The lowest BCUT2D eigenvalue weighted by molar-refractivity contribution is -0.128. The van der Waals surface area contributed by atoms with Gasteiger partial charge >= 0.3 is 0 Å². The standard InChI is InChI=1S/C21H27N5O/c27-20-9-6-12-26(20)16-19(18-7-2-1-3-8-18)22-13-17-14-23-21(24-15-17)25-10-4-5-11-25/h1-3,7-8,14-15,19,22H,4-6,9-13,16H2/t19-/m1/s1. The minimum absolute atomic E-state index is 0.103. The van der Waals surface area contributed by atoms with E-state index in [9.17, 15) is 4.79 Å². The average molecular weight is 365 g/mol. The summed E-state index contributed by atoms with van der Waals surface area (Å²) >= 11 is 0. The summed E-state index contributed by atoms with van der Waals surface area (Å²) in [5.74, 6) is 1.09. The second-order valence-electron chi connectivity index (χ2n) is 7.37. The molecule has 6 heteroatoms. The van der Waals surface area contributed by atoms with Crippen molar-refractivity contribution in [3.8, 4) is 0 Å². The van der Waals surface area contributed by atoms with Crippen molar-refractivity contribution >= 4 is 11.9 Å². The molecular formula is C21H27N5O. The third-order valence-electron chi connectivity index (χ3n) is 5.41. The van der Waals surface area contributed by atoms with E-state index in [0.717, 1.165) is 37.6 Å². The van der Waals surface area contributed by atoms with Gasteiger partial charge in [-0.1, -0.05) is 30.3 Å². The van der Waals surface area contributed by atoms with Crippen LogP contribution in [0.15, 0.2) is 42.7 Å². The van der Waals surface area contributed by atoms with Crippen LogP contribution in [0.4, 0.5) is 5.95 Å². The van der Waals surface area contributed by atoms with Crippen molar-refractivity contribution < 1.29 is 4.79 Å². The van der Waals surface area contributed by atoms with Crippen LogP contribution in [0.3, 0.4) is 0 Å². The van der Waals surface area contributed by atoms with Gasteiger partial charge in [-0.05, 0) is 24.8 Å². The van der Waals surface area contributed by atoms with Crippen LogP contribution in [0.25, 0.3) is 0 Å². The summed E-state index contributed by atoms with van der Waals surface area (Å²) in [5.41, 5.74) is 2.26. The van der Waals surface area contributed by atoms with Crippen LogP contribution in [-0.2, 0) is 11.3 Å². The Labute approximate surface area is 160 Å². The third-order valence-corrected chi connectivity index (χ3v) is 5.41. The number of carbonyl (C=O) groups is 1. The molecule has 0 aliphatic carbocycles. The molecule has 2 fully saturated rings. The monoisotopic (exact) mass is 365 g/mol. The quantitative estimate of drug-likeness (QED) is 0.817. The van der Waals surface area contributed by atoms with Crippen molar-refractivity contribution in [3.63, 3.8) is 0 Å². The van der Waals surface area contributed by atoms with Crippen molar-refractivity contribution in [3.05, 3.63) is 53.9 Å². The predicted octanol–water partition coefficient (Wildman–Crippen LogP) is 2.53. The number of hydrogen-bond donors (Lipinski definition) is 1. The summed E-state index contributed by atoms with van der Waals surface area (Å²) in [7, 11) is 0. The summed E-state index contributed by atoms with van der Waals surface area (Å²) in [6.07, 6.45) is 7.91. The molecule has 1 aromatic carbocycles. The molecule has 0 bridgehead atoms. The zero-order valence-electron chi connectivity index (χ0n) is 15.7. The van der Waals surface area contributed by atoms with E-state index < -0.39 is 0 Å². The second-order valence-corrected chi connectivity index (χ2v) is 7.37. The fraction of sp³-hybridized carbons (Fsp3) is 0.476. The van der Waals surface area contributed by atoms with Gasteiger partial charge in [0, 0.05) is 57.1 Å². The molecule has 2 aromatic rings. The van der Waals surface area contributed by atoms with Crippen molar-refractivity contribution in [2.45, 2.75) is 38.3 Å². The molecule has 1 N–H and O–H groups in total. The fourth-order valence-corrected chi connectivity index (χ4v) is 3.85. The number of hydrogen-bond acceptors (Lipinski definition) is 5. The van der Waals surface area contributed by atoms with Crippen molar-refractivity contribution in [2.24, 2.45) is 0 Å². The Balaban J connectivity index is 1.41. The highest BCUT2D eigenvalue weighted by molar-refractivity contribution is 5.78. The Hall–Kier alpha value is -2.47. The number of anilines is 1. The van der Waals surface area contributed by atoms with Gasteiger partial charge in [-0.15, -0.1) is 0 Å². The van der Waals surface area contributed by atoms with Crippen LogP contribution in [0, 0.1) is 0 Å². The van der Waals surface area contributed by atoms with Gasteiger partial charge in [0.25, 0.3) is 0 Å². The van der Waals surface area contributed by atoms with Gasteiger partial charge < -0.3 is 15.1 Å². The van der Waals surface area contributed by atoms with E-state index >= 15 is 0 Å². The lowest BCUT2D eigenvalue weighted by atomic mass is 10.1. The van der Waals surface area contributed by atoms with Crippen LogP contribution in [0.2, 0.25) is 0 Å². The highest BCUT2D eigenvalue weighted by Gasteiger charge is 2.24. The van der Waals surface area contributed by atoms with E-state index in [1.165, 1.54) is 18.4 Å². The number of likely N-dealkylation sites (tertiary alicyclic amines) is 1. The first-order chi connectivity index (χ1) is 13.3. The maximum Gasteiger partial charge on any atom is 0.225 e. The van der Waals surface area contributed by atoms with E-state index in [2.05, 4.69) is 32.3 Å². The van der Waals surface area contributed by atoms with E-state index in [-0.39, 0.29) is 11.9 Å². The SMILES string of the molecule is O=C1CCCN1C[C@@H](NCc1cnc(N2CCCC2)nc1)c1ccccc1. The van der Waals surface area contributed by atoms with Gasteiger partial charge in [-0.25, -0.2) is 9.97 Å². The first-order valence-corrected chi connectivity index (χ1v) is 9.91. The van der Waals surface area contributed by atoms with Gasteiger partial charge in [0.05, 0.1) is 6.04 Å². The molecule has 1 aromatic heterocycles. The molecule has 1 atom stereocenters. The Kier molecular flexibility index (Phi) is 5.63. The van der Waals surface area contributed by atoms with Gasteiger partial charge in [0.1, 0.15) is 0 Å². The van der Waals surface area contributed by atoms with Crippen LogP contribution in [0.5, 0.6) is 0 Å². The topological polar surface area (TPSA) is 61.4 Å². The maximum absolute atomic E-state index is 12.1. The lowest BCUT2D eigenvalue weighted by Crippen LogP contribution is -2.35. The van der Waals surface area contributed by atoms with Crippen LogP contribution >= 0.6 is 0 Å². The number of carbonyl (C=O) groups excluding carboxylic acids is 1. The minimum atomic E-state index is 0.103. The van der Waals surface area contributed by atoms with E-state index in [1.54, 1.807) is 0 Å². The highest BCUT2D eigenvalue weighted by Crippen LogP contribution is 2.19. The molecule has 1 amide bonds. The van der Waals surface area contributed by atoms with Gasteiger partial charge in [-0.2, -0.15) is 0 Å². The lowest BCUT2D eigenvalue weighted by Gasteiger charge is -2.25. The second kappa shape index (κ2) is 8.48. The van der Waals surface area contributed by atoms with Crippen molar-refractivity contribution in [1.82, 2.24) is 20.2 Å².